The number of nitrogens with zero attached hydrogens (tertiary/aromatic N) is 2. The Kier molecular flexibility index (Phi) is 4.82. The summed E-state index contributed by atoms with van der Waals surface area (Å²) in [7, 11) is -3.59. The van der Waals surface area contributed by atoms with Crippen LogP contribution in [0.5, 0.6) is 5.75 Å². The number of pyridine rings is 1. The topological polar surface area (TPSA) is 88.6 Å². The van der Waals surface area contributed by atoms with Gasteiger partial charge in [-0.3, -0.25) is 14.1 Å². The maximum absolute atomic E-state index is 12.4. The van der Waals surface area contributed by atoms with Gasteiger partial charge in [-0.15, -0.1) is 0 Å². The quantitative estimate of drug-likeness (QED) is 0.868. The molecule has 2 heterocycles. The molecule has 0 bridgehead atoms. The summed E-state index contributed by atoms with van der Waals surface area (Å²) in [6.07, 6.45) is 1.74. The number of sulfonamides is 1. The van der Waals surface area contributed by atoms with Crippen molar-refractivity contribution < 1.29 is 17.9 Å². The molecule has 9 heteroatoms. The molecule has 2 aromatic rings. The largest absolute Gasteiger partial charge is 0.476 e. The van der Waals surface area contributed by atoms with Crippen molar-refractivity contribution in [3.05, 3.63) is 53.3 Å². The second-order valence-corrected chi connectivity index (χ2v) is 7.89. The zero-order chi connectivity index (χ0) is 18.0. The highest BCUT2D eigenvalue weighted by Crippen LogP contribution is 2.37. The number of fused-ring (bicyclic) bond motifs is 1. The van der Waals surface area contributed by atoms with Crippen molar-refractivity contribution in [3.8, 4) is 5.75 Å². The summed E-state index contributed by atoms with van der Waals surface area (Å²) in [6, 6.07) is 10.0. The second-order valence-electron chi connectivity index (χ2n) is 5.55. The Morgan fingerprint density at radius 3 is 2.88 bits per heavy atom. The number of amides is 1. The lowest BCUT2D eigenvalue weighted by Gasteiger charge is -2.34. The van der Waals surface area contributed by atoms with Crippen LogP contribution in [0.4, 0.5) is 5.69 Å². The Labute approximate surface area is 150 Å². The van der Waals surface area contributed by atoms with Crippen LogP contribution in [0, 0.1) is 0 Å². The highest BCUT2D eigenvalue weighted by Gasteiger charge is 2.35. The van der Waals surface area contributed by atoms with Gasteiger partial charge in [0.15, 0.2) is 6.10 Å². The standard InChI is InChI=1S/C16H16ClN3O4S/c1-25(22,23)20-10-15(24-14-6-5-11(17)8-13(14)20)16(21)19-9-12-4-2-3-7-18-12/h2-8,15H,9-10H2,1H3,(H,19,21). The van der Waals surface area contributed by atoms with Crippen LogP contribution in [0.2, 0.25) is 5.02 Å². The smallest absolute Gasteiger partial charge is 0.263 e. The van der Waals surface area contributed by atoms with Crippen molar-refractivity contribution in [1.29, 1.82) is 0 Å². The first-order valence-corrected chi connectivity index (χ1v) is 9.69. The van der Waals surface area contributed by atoms with Crippen molar-refractivity contribution in [1.82, 2.24) is 10.3 Å². The molecule has 25 heavy (non-hydrogen) atoms. The van der Waals surface area contributed by atoms with E-state index < -0.39 is 22.0 Å². The Balaban J connectivity index is 1.79. The molecule has 0 radical (unpaired) electrons. The maximum atomic E-state index is 12.4. The maximum Gasteiger partial charge on any atom is 0.263 e. The van der Waals surface area contributed by atoms with Crippen LogP contribution in [0.3, 0.4) is 0 Å². The van der Waals surface area contributed by atoms with E-state index in [0.717, 1.165) is 10.6 Å². The van der Waals surface area contributed by atoms with Crippen molar-refractivity contribution in [2.24, 2.45) is 0 Å². The zero-order valence-corrected chi connectivity index (χ0v) is 14.9. The van der Waals surface area contributed by atoms with Crippen LogP contribution in [0.1, 0.15) is 5.69 Å². The molecule has 1 amide bonds. The molecule has 0 saturated carbocycles. The van der Waals surface area contributed by atoms with Gasteiger partial charge in [0.05, 0.1) is 30.7 Å². The van der Waals surface area contributed by atoms with Crippen molar-refractivity contribution >= 4 is 33.2 Å². The van der Waals surface area contributed by atoms with Gasteiger partial charge in [0.1, 0.15) is 5.75 Å². The van der Waals surface area contributed by atoms with Crippen molar-refractivity contribution in [2.45, 2.75) is 12.6 Å². The van der Waals surface area contributed by atoms with Crippen LogP contribution in [0.15, 0.2) is 42.6 Å². The molecule has 7 nitrogen and oxygen atoms in total. The fourth-order valence-corrected chi connectivity index (χ4v) is 3.54. The van der Waals surface area contributed by atoms with E-state index in [1.165, 1.54) is 6.07 Å². The third kappa shape index (κ3) is 4.02. The first-order valence-electron chi connectivity index (χ1n) is 7.46. The molecule has 0 saturated heterocycles. The van der Waals surface area contributed by atoms with E-state index in [9.17, 15) is 13.2 Å². The number of anilines is 1. The number of hydrogen-bond acceptors (Lipinski definition) is 5. The van der Waals surface area contributed by atoms with Crippen LogP contribution in [-0.4, -0.2) is 38.2 Å². The predicted molar refractivity (Wildman–Crippen MR) is 94.1 cm³/mol. The fraction of sp³-hybridized carbons (Fsp3) is 0.250. The zero-order valence-electron chi connectivity index (χ0n) is 13.3. The molecule has 1 aliphatic heterocycles. The number of benzene rings is 1. The average Bonchev–Trinajstić information content (AvgIpc) is 2.58. The van der Waals surface area contributed by atoms with Gasteiger partial charge < -0.3 is 10.1 Å². The van der Waals surface area contributed by atoms with E-state index >= 15 is 0 Å². The summed E-state index contributed by atoms with van der Waals surface area (Å²) in [5, 5.41) is 3.09. The lowest BCUT2D eigenvalue weighted by molar-refractivity contribution is -0.127. The molecule has 3 rings (SSSR count). The number of carbonyl (C=O) groups is 1. The molecule has 1 aromatic carbocycles. The minimum atomic E-state index is -3.59. The monoisotopic (exact) mass is 381 g/mol. The number of hydrogen-bond donors (Lipinski definition) is 1. The summed E-state index contributed by atoms with van der Waals surface area (Å²) in [5.41, 5.74) is 1.02. The lowest BCUT2D eigenvalue weighted by atomic mass is 10.2. The van der Waals surface area contributed by atoms with Crippen LogP contribution < -0.4 is 14.4 Å². The van der Waals surface area contributed by atoms with Gasteiger partial charge in [-0.2, -0.15) is 0 Å². The molecule has 1 aromatic heterocycles. The molecule has 1 aliphatic rings. The third-order valence-electron chi connectivity index (χ3n) is 3.65. The summed E-state index contributed by atoms with van der Waals surface area (Å²) >= 11 is 5.95. The van der Waals surface area contributed by atoms with Gasteiger partial charge in [-0.1, -0.05) is 17.7 Å². The molecule has 1 N–H and O–H groups in total. The summed E-state index contributed by atoms with van der Waals surface area (Å²) in [4.78, 5) is 16.5. The number of aromatic nitrogens is 1. The summed E-state index contributed by atoms with van der Waals surface area (Å²) < 4.78 is 31.0. The molecular weight excluding hydrogens is 366 g/mol. The first kappa shape index (κ1) is 17.5. The SMILES string of the molecule is CS(=O)(=O)N1CC(C(=O)NCc2ccccn2)Oc2ccc(Cl)cc21. The van der Waals surface area contributed by atoms with E-state index in [0.29, 0.717) is 22.2 Å². The van der Waals surface area contributed by atoms with E-state index in [-0.39, 0.29) is 13.1 Å². The molecule has 132 valence electrons. The Bertz CT molecular complexity index is 890. The Morgan fingerprint density at radius 1 is 1.40 bits per heavy atom. The van der Waals surface area contributed by atoms with E-state index in [1.807, 2.05) is 6.07 Å². The number of carbonyl (C=O) groups excluding carboxylic acids is 1. The Morgan fingerprint density at radius 2 is 2.20 bits per heavy atom. The second kappa shape index (κ2) is 6.89. The third-order valence-corrected chi connectivity index (χ3v) is 5.03. The average molecular weight is 382 g/mol. The van der Waals surface area contributed by atoms with Gasteiger partial charge in [-0.25, -0.2) is 8.42 Å². The van der Waals surface area contributed by atoms with Crippen LogP contribution >= 0.6 is 11.6 Å². The van der Waals surface area contributed by atoms with Crippen LogP contribution in [0.25, 0.3) is 0 Å². The molecular formula is C16H16ClN3O4S. The van der Waals surface area contributed by atoms with Crippen molar-refractivity contribution in [2.75, 3.05) is 17.1 Å². The predicted octanol–water partition coefficient (Wildman–Crippen LogP) is 1.58. The summed E-state index contributed by atoms with van der Waals surface area (Å²) in [5.74, 6) is -0.126. The van der Waals surface area contributed by atoms with Gasteiger partial charge >= 0.3 is 0 Å². The number of rotatable bonds is 4. The van der Waals surface area contributed by atoms with E-state index in [2.05, 4.69) is 10.3 Å². The first-order chi connectivity index (χ1) is 11.8. The van der Waals surface area contributed by atoms with Crippen LogP contribution in [-0.2, 0) is 21.4 Å². The van der Waals surface area contributed by atoms with Gasteiger partial charge in [-0.05, 0) is 30.3 Å². The normalized spacial score (nSPS) is 16.7. The Hall–Kier alpha value is -2.32. The van der Waals surface area contributed by atoms with Crippen molar-refractivity contribution in [3.63, 3.8) is 0 Å². The van der Waals surface area contributed by atoms with Gasteiger partial charge in [0.25, 0.3) is 5.91 Å². The van der Waals surface area contributed by atoms with Gasteiger partial charge in [0.2, 0.25) is 10.0 Å². The molecule has 1 unspecified atom stereocenters. The minimum Gasteiger partial charge on any atom is -0.476 e. The molecule has 0 spiro atoms. The lowest BCUT2D eigenvalue weighted by Crippen LogP contribution is -2.50. The number of nitrogens with one attached hydrogen (secondary N) is 1. The number of ether oxygens (including phenoxy) is 1. The van der Waals surface area contributed by atoms with E-state index in [1.54, 1.807) is 30.5 Å². The molecule has 1 atom stereocenters. The molecule has 0 aliphatic carbocycles. The van der Waals surface area contributed by atoms with E-state index in [4.69, 9.17) is 16.3 Å². The number of halogens is 1. The highest BCUT2D eigenvalue weighted by molar-refractivity contribution is 7.92. The highest BCUT2D eigenvalue weighted by atomic mass is 35.5. The minimum absolute atomic E-state index is 0.125. The summed E-state index contributed by atoms with van der Waals surface area (Å²) in [6.45, 7) is 0.103. The molecule has 0 fully saturated rings. The fourth-order valence-electron chi connectivity index (χ4n) is 2.47. The van der Waals surface area contributed by atoms with Gasteiger partial charge in [0, 0.05) is 11.2 Å².